The highest BCUT2D eigenvalue weighted by Gasteiger charge is 2.12. The van der Waals surface area contributed by atoms with Gasteiger partial charge < -0.3 is 19.6 Å². The Morgan fingerprint density at radius 1 is 1.00 bits per heavy atom. The molecule has 0 fully saturated rings. The van der Waals surface area contributed by atoms with Gasteiger partial charge in [-0.25, -0.2) is 0 Å². The van der Waals surface area contributed by atoms with Crippen molar-refractivity contribution in [2.45, 2.75) is 19.6 Å². The van der Waals surface area contributed by atoms with Crippen LogP contribution in [0.2, 0.25) is 19.6 Å². The van der Waals surface area contributed by atoms with E-state index in [1.165, 1.54) is 0 Å². The fraction of sp³-hybridized carbons (Fsp3) is 0.538. The number of rotatable bonds is 8. The van der Waals surface area contributed by atoms with Crippen LogP contribution in [0.5, 0.6) is 5.75 Å². The second kappa shape index (κ2) is 7.40. The summed E-state index contributed by atoms with van der Waals surface area (Å²) in [6.07, 6.45) is 0. The van der Waals surface area contributed by atoms with Crippen molar-refractivity contribution in [2.75, 3.05) is 32.2 Å². The van der Waals surface area contributed by atoms with Gasteiger partial charge in [0.25, 0.3) is 0 Å². The molecule has 0 aliphatic heterocycles. The molecule has 0 aliphatic rings. The summed E-state index contributed by atoms with van der Waals surface area (Å²) in [7, 11) is -1.41. The molecule has 1 aromatic rings. The quantitative estimate of drug-likeness (QED) is 0.447. The number of nitrogens with two attached hydrogens (primary N) is 1. The number of ether oxygens (including phenoxy) is 2. The van der Waals surface area contributed by atoms with Crippen molar-refractivity contribution in [1.82, 2.24) is 0 Å². The molecule has 0 saturated heterocycles. The Bertz CT molecular complexity index is 352. The number of benzene rings is 1. The normalized spacial score (nSPS) is 11.5. The molecule has 0 atom stereocenters. The summed E-state index contributed by atoms with van der Waals surface area (Å²) in [5.74, 6) is 0.708. The van der Waals surface area contributed by atoms with Gasteiger partial charge >= 0.3 is 0 Å². The van der Waals surface area contributed by atoms with Crippen LogP contribution in [0.4, 0.5) is 5.69 Å². The molecule has 4 nitrogen and oxygen atoms in total. The Morgan fingerprint density at radius 2 is 1.67 bits per heavy atom. The maximum atomic E-state index is 5.75. The van der Waals surface area contributed by atoms with Gasteiger partial charge in [0.2, 0.25) is 0 Å². The molecular weight excluding hydrogens is 246 g/mol. The number of nitrogen functional groups attached to an aromatic ring is 1. The van der Waals surface area contributed by atoms with Gasteiger partial charge in [0, 0.05) is 0 Å². The van der Waals surface area contributed by atoms with E-state index < -0.39 is 8.32 Å². The van der Waals surface area contributed by atoms with Gasteiger partial charge in [-0.15, -0.1) is 0 Å². The molecule has 0 heterocycles. The minimum atomic E-state index is -1.41. The van der Waals surface area contributed by atoms with Crippen molar-refractivity contribution in [3.63, 3.8) is 0 Å². The molecule has 0 unspecified atom stereocenters. The first-order valence-corrected chi connectivity index (χ1v) is 9.59. The molecule has 102 valence electrons. The lowest BCUT2D eigenvalue weighted by Crippen LogP contribution is -2.27. The lowest BCUT2D eigenvalue weighted by Gasteiger charge is -2.17. The molecule has 18 heavy (non-hydrogen) atoms. The lowest BCUT2D eigenvalue weighted by atomic mass is 10.3. The number of hydrogen-bond donors (Lipinski definition) is 1. The number of para-hydroxylation sites is 2. The second-order valence-corrected chi connectivity index (χ2v) is 9.47. The van der Waals surface area contributed by atoms with E-state index in [1.54, 1.807) is 0 Å². The van der Waals surface area contributed by atoms with Crippen LogP contribution in [0, 0.1) is 0 Å². The van der Waals surface area contributed by atoms with Crippen LogP contribution in [-0.2, 0) is 9.16 Å². The van der Waals surface area contributed by atoms with Crippen LogP contribution in [0.15, 0.2) is 24.3 Å². The third-order valence-electron chi connectivity index (χ3n) is 2.17. The molecule has 0 radical (unpaired) electrons. The van der Waals surface area contributed by atoms with Gasteiger partial charge in [0.1, 0.15) is 12.4 Å². The minimum absolute atomic E-state index is 0.501. The lowest BCUT2D eigenvalue weighted by molar-refractivity contribution is 0.0749. The zero-order chi connectivity index (χ0) is 13.4. The van der Waals surface area contributed by atoms with Crippen molar-refractivity contribution in [3.05, 3.63) is 24.3 Å². The van der Waals surface area contributed by atoms with Gasteiger partial charge in [-0.1, -0.05) is 12.1 Å². The molecule has 0 spiro atoms. The summed E-state index contributed by atoms with van der Waals surface area (Å²) in [6, 6.07) is 7.45. The first kappa shape index (κ1) is 15.0. The SMILES string of the molecule is C[Si](C)(C)OCCOCCOc1ccccc1N. The zero-order valence-corrected chi connectivity index (χ0v) is 12.4. The van der Waals surface area contributed by atoms with Gasteiger partial charge in [0.05, 0.1) is 25.5 Å². The summed E-state index contributed by atoms with van der Waals surface area (Å²) < 4.78 is 16.6. The van der Waals surface area contributed by atoms with Crippen LogP contribution in [0.3, 0.4) is 0 Å². The zero-order valence-electron chi connectivity index (χ0n) is 11.4. The van der Waals surface area contributed by atoms with Gasteiger partial charge in [-0.2, -0.15) is 0 Å². The smallest absolute Gasteiger partial charge is 0.183 e. The van der Waals surface area contributed by atoms with E-state index in [0.717, 1.165) is 0 Å². The predicted octanol–water partition coefficient (Wildman–Crippen LogP) is 2.52. The van der Waals surface area contributed by atoms with Crippen molar-refractivity contribution < 1.29 is 13.9 Å². The Kier molecular flexibility index (Phi) is 6.18. The van der Waals surface area contributed by atoms with E-state index in [4.69, 9.17) is 19.6 Å². The van der Waals surface area contributed by atoms with Gasteiger partial charge in [-0.3, -0.25) is 0 Å². The molecule has 0 aliphatic carbocycles. The first-order chi connectivity index (χ1) is 8.49. The van der Waals surface area contributed by atoms with E-state index >= 15 is 0 Å². The number of anilines is 1. The van der Waals surface area contributed by atoms with E-state index in [9.17, 15) is 0 Å². The number of hydrogen-bond acceptors (Lipinski definition) is 4. The topological polar surface area (TPSA) is 53.7 Å². The van der Waals surface area contributed by atoms with E-state index in [2.05, 4.69) is 19.6 Å². The fourth-order valence-corrected chi connectivity index (χ4v) is 2.03. The van der Waals surface area contributed by atoms with Crippen LogP contribution in [0.25, 0.3) is 0 Å². The highest BCUT2D eigenvalue weighted by atomic mass is 28.4. The van der Waals surface area contributed by atoms with Crippen molar-refractivity contribution in [3.8, 4) is 5.75 Å². The monoisotopic (exact) mass is 269 g/mol. The van der Waals surface area contributed by atoms with Gasteiger partial charge in [0.15, 0.2) is 8.32 Å². The fourth-order valence-electron chi connectivity index (χ4n) is 1.33. The molecule has 0 amide bonds. The molecule has 0 saturated carbocycles. The second-order valence-electron chi connectivity index (χ2n) is 4.96. The Hall–Kier alpha value is -1.04. The van der Waals surface area contributed by atoms with E-state index in [0.29, 0.717) is 37.9 Å². The molecular formula is C13H23NO3Si. The highest BCUT2D eigenvalue weighted by molar-refractivity contribution is 6.69. The highest BCUT2D eigenvalue weighted by Crippen LogP contribution is 2.19. The van der Waals surface area contributed by atoms with Crippen LogP contribution < -0.4 is 10.5 Å². The summed E-state index contributed by atoms with van der Waals surface area (Å²) in [4.78, 5) is 0. The van der Waals surface area contributed by atoms with Crippen LogP contribution in [0.1, 0.15) is 0 Å². The average molecular weight is 269 g/mol. The summed E-state index contributed by atoms with van der Waals surface area (Å²) >= 11 is 0. The first-order valence-electron chi connectivity index (χ1n) is 6.18. The van der Waals surface area contributed by atoms with E-state index in [-0.39, 0.29) is 0 Å². The average Bonchev–Trinajstić information content (AvgIpc) is 2.28. The van der Waals surface area contributed by atoms with Crippen molar-refractivity contribution >= 4 is 14.0 Å². The minimum Gasteiger partial charge on any atom is -0.489 e. The summed E-state index contributed by atoms with van der Waals surface area (Å²) in [6.45, 7) is 8.79. The maximum Gasteiger partial charge on any atom is 0.183 e. The third kappa shape index (κ3) is 6.63. The molecule has 0 aromatic heterocycles. The third-order valence-corrected chi connectivity index (χ3v) is 3.24. The molecule has 2 N–H and O–H groups in total. The summed E-state index contributed by atoms with van der Waals surface area (Å²) in [5.41, 5.74) is 6.40. The largest absolute Gasteiger partial charge is 0.489 e. The molecule has 1 rings (SSSR count). The van der Waals surface area contributed by atoms with E-state index in [1.807, 2.05) is 24.3 Å². The van der Waals surface area contributed by atoms with Crippen LogP contribution in [-0.4, -0.2) is 34.7 Å². The van der Waals surface area contributed by atoms with Gasteiger partial charge in [-0.05, 0) is 31.8 Å². The van der Waals surface area contributed by atoms with Crippen molar-refractivity contribution in [1.29, 1.82) is 0 Å². The molecule has 0 bridgehead atoms. The maximum absolute atomic E-state index is 5.75. The Balaban J connectivity index is 2.04. The van der Waals surface area contributed by atoms with Crippen LogP contribution >= 0.6 is 0 Å². The summed E-state index contributed by atoms with van der Waals surface area (Å²) in [5, 5.41) is 0. The molecule has 1 aromatic carbocycles. The Morgan fingerprint density at radius 3 is 2.33 bits per heavy atom. The molecule has 5 heteroatoms. The standard InChI is InChI=1S/C13H23NO3Si/c1-18(2,3)17-11-9-15-8-10-16-13-7-5-4-6-12(13)14/h4-7H,8-11,14H2,1-3H3. The Labute approximate surface area is 110 Å². The predicted molar refractivity (Wildman–Crippen MR) is 76.5 cm³/mol. The van der Waals surface area contributed by atoms with Crippen molar-refractivity contribution in [2.24, 2.45) is 0 Å².